The van der Waals surface area contributed by atoms with Crippen molar-refractivity contribution in [1.29, 1.82) is 0 Å². The predicted molar refractivity (Wildman–Crippen MR) is 80.9 cm³/mol. The maximum atomic E-state index is 12.9. The van der Waals surface area contributed by atoms with Crippen molar-refractivity contribution in [2.75, 3.05) is 11.1 Å². The van der Waals surface area contributed by atoms with Crippen molar-refractivity contribution >= 4 is 35.0 Å². The predicted octanol–water partition coefficient (Wildman–Crippen LogP) is 2.59. The van der Waals surface area contributed by atoms with Crippen molar-refractivity contribution in [3.05, 3.63) is 39.2 Å². The van der Waals surface area contributed by atoms with E-state index in [2.05, 4.69) is 15.1 Å². The number of amides is 1. The average Bonchev–Trinajstić information content (AvgIpc) is 2.80. The Hall–Kier alpha value is -1.94. The summed E-state index contributed by atoms with van der Waals surface area (Å²) in [5.41, 5.74) is -1.97. The van der Waals surface area contributed by atoms with Gasteiger partial charge >= 0.3 is 16.8 Å². The summed E-state index contributed by atoms with van der Waals surface area (Å²) in [5.74, 6) is -0.421. The third-order valence-electron chi connectivity index (χ3n) is 2.88. The van der Waals surface area contributed by atoms with Crippen LogP contribution in [0.4, 0.5) is 18.9 Å². The van der Waals surface area contributed by atoms with Crippen molar-refractivity contribution in [2.45, 2.75) is 17.6 Å². The Morgan fingerprint density at radius 1 is 1.46 bits per heavy atom. The molecule has 0 atom stereocenters. The number of nitrogens with zero attached hydrogens (tertiary/aromatic N) is 1. The van der Waals surface area contributed by atoms with Gasteiger partial charge in [-0.25, -0.2) is 4.79 Å². The van der Waals surface area contributed by atoms with Gasteiger partial charge in [-0.05, 0) is 35.2 Å². The van der Waals surface area contributed by atoms with Gasteiger partial charge in [0.05, 0.1) is 11.3 Å². The van der Waals surface area contributed by atoms with Crippen LogP contribution in [0.3, 0.4) is 0 Å². The van der Waals surface area contributed by atoms with Crippen LogP contribution < -0.4 is 15.6 Å². The van der Waals surface area contributed by atoms with Crippen LogP contribution >= 0.6 is 23.4 Å². The molecule has 0 aliphatic heterocycles. The molecule has 0 aliphatic carbocycles. The zero-order valence-corrected chi connectivity index (χ0v) is 13.8. The molecule has 1 aromatic carbocycles. The molecule has 0 spiro atoms. The first-order valence-corrected chi connectivity index (χ1v) is 7.91. The van der Waals surface area contributed by atoms with Gasteiger partial charge in [-0.2, -0.15) is 13.2 Å². The minimum absolute atomic E-state index is 0.0810. The molecular formula is C13H12ClF3N3O3S+. The van der Waals surface area contributed by atoms with Crippen molar-refractivity contribution in [2.24, 2.45) is 7.05 Å². The number of thioether (sulfide) groups is 1. The van der Waals surface area contributed by atoms with Crippen LogP contribution in [0.5, 0.6) is 0 Å². The first-order valence-electron chi connectivity index (χ1n) is 6.55. The largest absolute Gasteiger partial charge is 0.441 e. The fourth-order valence-corrected chi connectivity index (χ4v) is 2.84. The van der Waals surface area contributed by atoms with E-state index in [1.807, 2.05) is 0 Å². The number of H-pyrrole nitrogens is 1. The standard InChI is InChI=1S/C13H11ClF3N3O3S/c1-20-11(12(22)23-19-20)24-5-4-10(21)18-9-3-2-7(14)6-8(9)13(15,16)17/h2-3,6H,4-5H2,1H3,(H-,18,19,21,22)/p+1. The van der Waals surface area contributed by atoms with Crippen LogP contribution in [0.25, 0.3) is 0 Å². The Morgan fingerprint density at radius 3 is 2.75 bits per heavy atom. The van der Waals surface area contributed by atoms with Gasteiger partial charge in [0.25, 0.3) is 0 Å². The summed E-state index contributed by atoms with van der Waals surface area (Å²) in [5, 5.41) is 4.69. The number of hydrogen-bond donors (Lipinski definition) is 2. The van der Waals surface area contributed by atoms with E-state index in [0.29, 0.717) is 0 Å². The summed E-state index contributed by atoms with van der Waals surface area (Å²) in [6, 6.07) is 3.10. The Labute approximate surface area is 142 Å². The lowest BCUT2D eigenvalue weighted by molar-refractivity contribution is -0.772. The van der Waals surface area contributed by atoms with Crippen molar-refractivity contribution in [3.8, 4) is 0 Å². The SMILES string of the molecule is C[n+]1[nH]oc(=O)c1SCCC(=O)Nc1ccc(Cl)cc1C(F)(F)F. The minimum atomic E-state index is -4.64. The zero-order valence-electron chi connectivity index (χ0n) is 12.2. The van der Waals surface area contributed by atoms with Gasteiger partial charge in [-0.15, -0.1) is 0 Å². The van der Waals surface area contributed by atoms with Gasteiger partial charge in [0, 0.05) is 17.2 Å². The number of alkyl halides is 3. The number of rotatable bonds is 5. The normalized spacial score (nSPS) is 11.5. The molecule has 130 valence electrons. The molecule has 1 heterocycles. The van der Waals surface area contributed by atoms with E-state index >= 15 is 0 Å². The molecular weight excluding hydrogens is 371 g/mol. The molecule has 0 unspecified atom stereocenters. The van der Waals surface area contributed by atoms with E-state index < -0.39 is 23.3 Å². The number of hydrogen-bond acceptors (Lipinski definition) is 4. The van der Waals surface area contributed by atoms with Gasteiger partial charge in [0.15, 0.2) is 7.05 Å². The highest BCUT2D eigenvalue weighted by atomic mass is 35.5. The summed E-state index contributed by atoms with van der Waals surface area (Å²) < 4.78 is 44.7. The lowest BCUT2D eigenvalue weighted by Gasteiger charge is -2.14. The lowest BCUT2D eigenvalue weighted by atomic mass is 10.1. The summed E-state index contributed by atoms with van der Waals surface area (Å²) in [4.78, 5) is 23.1. The fourth-order valence-electron chi connectivity index (χ4n) is 1.80. The van der Waals surface area contributed by atoms with Gasteiger partial charge in [-0.3, -0.25) is 9.32 Å². The molecule has 0 saturated carbocycles. The quantitative estimate of drug-likeness (QED) is 0.615. The van der Waals surface area contributed by atoms with Gasteiger partial charge < -0.3 is 5.32 Å². The maximum Gasteiger partial charge on any atom is 0.441 e. The first-order chi connectivity index (χ1) is 11.2. The topological polar surface area (TPSA) is 79.0 Å². The molecule has 0 bridgehead atoms. The highest BCUT2D eigenvalue weighted by Crippen LogP contribution is 2.36. The van der Waals surface area contributed by atoms with Gasteiger partial charge in [0.2, 0.25) is 5.91 Å². The second kappa shape index (κ2) is 7.31. The third-order valence-corrected chi connectivity index (χ3v) is 4.24. The monoisotopic (exact) mass is 382 g/mol. The number of anilines is 1. The van der Waals surface area contributed by atoms with Crippen molar-refractivity contribution in [3.63, 3.8) is 0 Å². The molecule has 0 aliphatic rings. The summed E-state index contributed by atoms with van der Waals surface area (Å²) in [6.45, 7) is 0. The van der Waals surface area contributed by atoms with Crippen LogP contribution in [0.1, 0.15) is 12.0 Å². The average molecular weight is 383 g/mol. The molecule has 24 heavy (non-hydrogen) atoms. The van der Waals surface area contributed by atoms with Gasteiger partial charge in [-0.1, -0.05) is 16.3 Å². The van der Waals surface area contributed by atoms with Crippen molar-refractivity contribution in [1.82, 2.24) is 5.27 Å². The van der Waals surface area contributed by atoms with Crippen LogP contribution in [-0.2, 0) is 18.0 Å². The summed E-state index contributed by atoms with van der Waals surface area (Å²) in [7, 11) is 1.55. The van der Waals surface area contributed by atoms with E-state index in [9.17, 15) is 22.8 Å². The second-order valence-corrected chi connectivity index (χ2v) is 6.20. The van der Waals surface area contributed by atoms with E-state index in [1.165, 1.54) is 10.7 Å². The number of aromatic nitrogens is 2. The molecule has 6 nitrogen and oxygen atoms in total. The molecule has 0 saturated heterocycles. The summed E-state index contributed by atoms with van der Waals surface area (Å²) in [6.07, 6.45) is -4.73. The van der Waals surface area contributed by atoms with E-state index in [0.717, 1.165) is 23.9 Å². The van der Waals surface area contributed by atoms with Gasteiger partial charge in [0.1, 0.15) is 0 Å². The highest BCUT2D eigenvalue weighted by Gasteiger charge is 2.34. The fraction of sp³-hybridized carbons (Fsp3) is 0.308. The van der Waals surface area contributed by atoms with Crippen LogP contribution in [0, 0.1) is 0 Å². The Bertz CT molecular complexity index is 804. The maximum absolute atomic E-state index is 12.9. The van der Waals surface area contributed by atoms with Crippen LogP contribution in [0.15, 0.2) is 32.5 Å². The number of nitrogens with one attached hydrogen (secondary N) is 2. The molecule has 0 fully saturated rings. The molecule has 1 aromatic heterocycles. The van der Waals surface area contributed by atoms with Crippen molar-refractivity contribution < 1.29 is 27.2 Å². The molecule has 2 N–H and O–H groups in total. The second-order valence-electron chi connectivity index (χ2n) is 4.68. The molecule has 2 rings (SSSR count). The minimum Gasteiger partial charge on any atom is -0.325 e. The number of aryl methyl sites for hydroxylation is 1. The number of aromatic amines is 1. The summed E-state index contributed by atoms with van der Waals surface area (Å²) >= 11 is 6.62. The van der Waals surface area contributed by atoms with E-state index in [-0.39, 0.29) is 27.9 Å². The lowest BCUT2D eigenvalue weighted by Crippen LogP contribution is -2.33. The van der Waals surface area contributed by atoms with E-state index in [1.54, 1.807) is 7.05 Å². The number of carbonyl (C=O) groups is 1. The highest BCUT2D eigenvalue weighted by molar-refractivity contribution is 7.99. The molecule has 1 amide bonds. The Balaban J connectivity index is 1.99. The smallest absolute Gasteiger partial charge is 0.325 e. The van der Waals surface area contributed by atoms with E-state index in [4.69, 9.17) is 11.6 Å². The molecule has 0 radical (unpaired) electrons. The Kier molecular flexibility index (Phi) is 5.60. The third kappa shape index (κ3) is 4.54. The zero-order chi connectivity index (χ0) is 17.9. The molecule has 11 heteroatoms. The van der Waals surface area contributed by atoms with Crippen LogP contribution in [-0.4, -0.2) is 16.9 Å². The number of carbonyl (C=O) groups excluding carboxylic acids is 1. The number of halogens is 4. The van der Waals surface area contributed by atoms with Crippen LogP contribution in [0.2, 0.25) is 5.02 Å². The first kappa shape index (κ1) is 18.4. The molecule has 2 aromatic rings. The number of benzene rings is 1. The Morgan fingerprint density at radius 2 is 2.17 bits per heavy atom.